The Bertz CT molecular complexity index is 396. The summed E-state index contributed by atoms with van der Waals surface area (Å²) in [5, 5.41) is 14.9. The fraction of sp³-hybridized carbons (Fsp3) is 0.375. The third-order valence-electron chi connectivity index (χ3n) is 1.55. The lowest BCUT2D eigenvalue weighted by molar-refractivity contribution is -0.121. The molecule has 1 heterocycles. The van der Waals surface area contributed by atoms with Crippen molar-refractivity contribution in [3.8, 4) is 6.07 Å². The smallest absolute Gasteiger partial charge is 0.241 e. The van der Waals surface area contributed by atoms with Gasteiger partial charge in [0.2, 0.25) is 5.91 Å². The van der Waals surface area contributed by atoms with E-state index in [4.69, 9.17) is 5.26 Å². The summed E-state index contributed by atoms with van der Waals surface area (Å²) in [5.41, 5.74) is 0. The van der Waals surface area contributed by atoms with Crippen LogP contribution >= 0.6 is 31.9 Å². The second-order valence-corrected chi connectivity index (χ2v) is 4.33. The Morgan fingerprint density at radius 3 is 2.93 bits per heavy atom. The van der Waals surface area contributed by atoms with Crippen LogP contribution in [0.15, 0.2) is 15.3 Å². The molecule has 1 N–H and O–H groups in total. The van der Waals surface area contributed by atoms with Gasteiger partial charge in [0.25, 0.3) is 0 Å². The molecule has 0 unspecified atom stereocenters. The summed E-state index contributed by atoms with van der Waals surface area (Å²) in [5.74, 6) is -0.165. The van der Waals surface area contributed by atoms with Gasteiger partial charge in [-0.05, 0) is 31.9 Å². The molecule has 1 aromatic rings. The number of halogens is 2. The monoisotopic (exact) mass is 334 g/mol. The fourth-order valence-corrected chi connectivity index (χ4v) is 2.06. The van der Waals surface area contributed by atoms with Crippen LogP contribution in [-0.2, 0) is 11.3 Å². The van der Waals surface area contributed by atoms with Gasteiger partial charge in [0, 0.05) is 12.6 Å². The number of nitriles is 1. The maximum Gasteiger partial charge on any atom is 0.241 e. The zero-order valence-electron chi connectivity index (χ0n) is 7.70. The third kappa shape index (κ3) is 4.01. The predicted octanol–water partition coefficient (Wildman–Crippen LogP) is 1.44. The zero-order valence-corrected chi connectivity index (χ0v) is 10.9. The minimum absolute atomic E-state index is 0.137. The number of carbonyl (C=O) groups excluding carboxylic acids is 1. The lowest BCUT2D eigenvalue weighted by Crippen LogP contribution is -2.28. The van der Waals surface area contributed by atoms with Crippen LogP contribution in [0.4, 0.5) is 0 Å². The summed E-state index contributed by atoms with van der Waals surface area (Å²) in [4.78, 5) is 11.3. The van der Waals surface area contributed by atoms with Crippen LogP contribution in [0.1, 0.15) is 6.42 Å². The number of hydrogen-bond donors (Lipinski definition) is 1. The highest BCUT2D eigenvalue weighted by molar-refractivity contribution is 9.11. The number of rotatable bonds is 4. The average Bonchev–Trinajstić information content (AvgIpc) is 2.45. The first-order chi connectivity index (χ1) is 7.13. The van der Waals surface area contributed by atoms with Gasteiger partial charge < -0.3 is 5.32 Å². The van der Waals surface area contributed by atoms with E-state index in [1.807, 2.05) is 6.07 Å². The number of aromatic nitrogens is 2. The van der Waals surface area contributed by atoms with Crippen molar-refractivity contribution in [1.82, 2.24) is 15.1 Å². The molecule has 0 fully saturated rings. The van der Waals surface area contributed by atoms with Crippen LogP contribution in [0.3, 0.4) is 0 Å². The second kappa shape index (κ2) is 5.88. The summed E-state index contributed by atoms with van der Waals surface area (Å²) in [7, 11) is 0. The van der Waals surface area contributed by atoms with Gasteiger partial charge in [0.15, 0.2) is 0 Å². The Morgan fingerprint density at radius 1 is 1.67 bits per heavy atom. The van der Waals surface area contributed by atoms with Crippen LogP contribution in [0.25, 0.3) is 0 Å². The van der Waals surface area contributed by atoms with E-state index in [0.717, 1.165) is 4.60 Å². The van der Waals surface area contributed by atoms with Gasteiger partial charge in [-0.25, -0.2) is 4.68 Å². The highest BCUT2D eigenvalue weighted by Crippen LogP contribution is 2.15. The maximum absolute atomic E-state index is 11.3. The van der Waals surface area contributed by atoms with Gasteiger partial charge in [-0.3, -0.25) is 4.79 Å². The predicted molar refractivity (Wildman–Crippen MR) is 60.9 cm³/mol. The first-order valence-electron chi connectivity index (χ1n) is 4.16. The van der Waals surface area contributed by atoms with E-state index in [0.29, 0.717) is 17.6 Å². The minimum atomic E-state index is -0.165. The summed E-state index contributed by atoms with van der Waals surface area (Å²) in [6, 6.07) is 3.70. The van der Waals surface area contributed by atoms with Gasteiger partial charge in [-0.1, -0.05) is 0 Å². The summed E-state index contributed by atoms with van der Waals surface area (Å²) >= 11 is 6.47. The standard InChI is InChI=1S/C8H8Br2N4O/c9-6-4-7(10)14(13-6)5-8(15)12-3-1-2-11/h4H,1,3,5H2,(H,12,15). The topological polar surface area (TPSA) is 70.7 Å². The molecule has 1 amide bonds. The van der Waals surface area contributed by atoms with E-state index >= 15 is 0 Å². The number of amides is 1. The van der Waals surface area contributed by atoms with Gasteiger partial charge in [-0.2, -0.15) is 10.4 Å². The summed E-state index contributed by atoms with van der Waals surface area (Å²) < 4.78 is 2.91. The maximum atomic E-state index is 11.3. The molecule has 0 aliphatic heterocycles. The number of carbonyl (C=O) groups is 1. The normalized spacial score (nSPS) is 9.67. The van der Waals surface area contributed by atoms with Crippen molar-refractivity contribution >= 4 is 37.8 Å². The van der Waals surface area contributed by atoms with Crippen LogP contribution in [0, 0.1) is 11.3 Å². The van der Waals surface area contributed by atoms with Crippen molar-refractivity contribution in [2.75, 3.05) is 6.54 Å². The van der Waals surface area contributed by atoms with Crippen molar-refractivity contribution < 1.29 is 4.79 Å². The average molecular weight is 336 g/mol. The molecule has 1 aromatic heterocycles. The van der Waals surface area contributed by atoms with Crippen LogP contribution < -0.4 is 5.32 Å². The molecule has 0 aromatic carbocycles. The van der Waals surface area contributed by atoms with E-state index in [1.165, 1.54) is 4.68 Å². The summed E-state index contributed by atoms with van der Waals surface area (Å²) in [6.07, 6.45) is 0.315. The van der Waals surface area contributed by atoms with E-state index in [-0.39, 0.29) is 12.5 Å². The molecule has 15 heavy (non-hydrogen) atoms. The van der Waals surface area contributed by atoms with E-state index < -0.39 is 0 Å². The Kier molecular flexibility index (Phi) is 4.78. The largest absolute Gasteiger partial charge is 0.353 e. The lowest BCUT2D eigenvalue weighted by atomic mass is 10.4. The van der Waals surface area contributed by atoms with E-state index in [2.05, 4.69) is 42.3 Å². The van der Waals surface area contributed by atoms with Crippen LogP contribution in [0.5, 0.6) is 0 Å². The fourth-order valence-electron chi connectivity index (χ4n) is 0.925. The molecule has 0 aliphatic carbocycles. The molecule has 0 bridgehead atoms. The van der Waals surface area contributed by atoms with Crippen molar-refractivity contribution in [3.05, 3.63) is 15.3 Å². The molecule has 7 heteroatoms. The van der Waals surface area contributed by atoms with Gasteiger partial charge >= 0.3 is 0 Å². The van der Waals surface area contributed by atoms with Crippen molar-refractivity contribution in [1.29, 1.82) is 5.26 Å². The zero-order chi connectivity index (χ0) is 11.3. The SMILES string of the molecule is N#CCCNC(=O)Cn1nc(Br)cc1Br. The number of nitrogens with one attached hydrogen (secondary N) is 1. The van der Waals surface area contributed by atoms with Gasteiger partial charge in [-0.15, -0.1) is 0 Å². The molecule has 0 saturated heterocycles. The molecule has 0 spiro atoms. The molecule has 1 rings (SSSR count). The Labute approximate surface area is 104 Å². The van der Waals surface area contributed by atoms with Crippen LogP contribution in [0.2, 0.25) is 0 Å². The Hall–Kier alpha value is -0.870. The Balaban J connectivity index is 2.45. The first kappa shape index (κ1) is 12.2. The van der Waals surface area contributed by atoms with Gasteiger partial charge in [0.1, 0.15) is 15.8 Å². The molecule has 0 aliphatic rings. The molecule has 0 saturated carbocycles. The molecular weight excluding hydrogens is 328 g/mol. The highest BCUT2D eigenvalue weighted by Gasteiger charge is 2.07. The molecule has 0 atom stereocenters. The first-order valence-corrected chi connectivity index (χ1v) is 5.74. The van der Waals surface area contributed by atoms with Crippen molar-refractivity contribution in [2.24, 2.45) is 0 Å². The summed E-state index contributed by atoms with van der Waals surface area (Å²) in [6.45, 7) is 0.507. The van der Waals surface area contributed by atoms with Crippen LogP contribution in [-0.4, -0.2) is 22.2 Å². The Morgan fingerprint density at radius 2 is 2.40 bits per heavy atom. The quantitative estimate of drug-likeness (QED) is 0.846. The molecular formula is C8H8Br2N4O. The number of nitrogens with zero attached hydrogens (tertiary/aromatic N) is 3. The lowest BCUT2D eigenvalue weighted by Gasteiger charge is -2.03. The van der Waals surface area contributed by atoms with Gasteiger partial charge in [0.05, 0.1) is 12.5 Å². The van der Waals surface area contributed by atoms with E-state index in [9.17, 15) is 4.79 Å². The molecule has 80 valence electrons. The second-order valence-electron chi connectivity index (χ2n) is 2.71. The number of hydrogen-bond acceptors (Lipinski definition) is 3. The minimum Gasteiger partial charge on any atom is -0.353 e. The van der Waals surface area contributed by atoms with E-state index in [1.54, 1.807) is 6.07 Å². The highest BCUT2D eigenvalue weighted by atomic mass is 79.9. The third-order valence-corrected chi connectivity index (χ3v) is 2.58. The van der Waals surface area contributed by atoms with Crippen molar-refractivity contribution in [2.45, 2.75) is 13.0 Å². The van der Waals surface area contributed by atoms with Crippen molar-refractivity contribution in [3.63, 3.8) is 0 Å². The molecule has 5 nitrogen and oxygen atoms in total. The molecule has 0 radical (unpaired) electrons.